The normalized spacial score (nSPS) is 19.6. The molecule has 1 aliphatic rings. The standard InChI is InChI=1S/C24H25F3O/c1-2-3-18-6-12-21(13-7-18)22-14-8-19(9-15-22)4-5-20-10-16-23(17-11-20)28-24(25,26)27/h8-11,14-18,21H,2-3,6-7,12-13H2,1H3. The van der Waals surface area contributed by atoms with Gasteiger partial charge in [-0.2, -0.15) is 0 Å². The van der Waals surface area contributed by atoms with Gasteiger partial charge < -0.3 is 4.74 Å². The SMILES string of the molecule is CCCC1CCC(c2ccc(C#Cc3ccc(OC(F)(F)F)cc3)cc2)CC1. The van der Waals surface area contributed by atoms with Crippen molar-refractivity contribution in [2.75, 3.05) is 0 Å². The fourth-order valence-corrected chi connectivity index (χ4v) is 3.92. The van der Waals surface area contributed by atoms with Crippen molar-refractivity contribution in [2.24, 2.45) is 5.92 Å². The van der Waals surface area contributed by atoms with Crippen molar-refractivity contribution >= 4 is 0 Å². The molecule has 0 heterocycles. The Bertz CT molecular complexity index is 802. The molecule has 0 aliphatic heterocycles. The summed E-state index contributed by atoms with van der Waals surface area (Å²) in [6, 6.07) is 14.0. The van der Waals surface area contributed by atoms with Gasteiger partial charge in [0.25, 0.3) is 0 Å². The molecule has 2 aromatic carbocycles. The third kappa shape index (κ3) is 6.05. The van der Waals surface area contributed by atoms with Crippen molar-refractivity contribution in [1.29, 1.82) is 0 Å². The van der Waals surface area contributed by atoms with Gasteiger partial charge in [0, 0.05) is 11.1 Å². The van der Waals surface area contributed by atoms with Crippen LogP contribution in [0.25, 0.3) is 0 Å². The van der Waals surface area contributed by atoms with E-state index in [-0.39, 0.29) is 5.75 Å². The van der Waals surface area contributed by atoms with Crippen LogP contribution < -0.4 is 4.74 Å². The molecule has 4 heteroatoms. The molecule has 0 amide bonds. The molecule has 0 atom stereocenters. The number of alkyl halides is 3. The smallest absolute Gasteiger partial charge is 0.406 e. The first kappa shape index (κ1) is 20.3. The highest BCUT2D eigenvalue weighted by atomic mass is 19.4. The van der Waals surface area contributed by atoms with E-state index in [0.29, 0.717) is 11.5 Å². The minimum atomic E-state index is -4.68. The summed E-state index contributed by atoms with van der Waals surface area (Å²) in [6.07, 6.45) is 3.14. The fourth-order valence-electron chi connectivity index (χ4n) is 3.92. The van der Waals surface area contributed by atoms with Gasteiger partial charge in [0.15, 0.2) is 0 Å². The monoisotopic (exact) mass is 386 g/mol. The minimum absolute atomic E-state index is 0.240. The summed E-state index contributed by atoms with van der Waals surface area (Å²) in [4.78, 5) is 0. The van der Waals surface area contributed by atoms with Crippen molar-refractivity contribution in [2.45, 2.75) is 57.7 Å². The molecule has 148 valence electrons. The Balaban J connectivity index is 1.58. The number of ether oxygens (including phenoxy) is 1. The highest BCUT2D eigenvalue weighted by molar-refractivity contribution is 5.45. The van der Waals surface area contributed by atoms with E-state index in [2.05, 4.69) is 35.6 Å². The van der Waals surface area contributed by atoms with Gasteiger partial charge in [-0.3, -0.25) is 0 Å². The average Bonchev–Trinajstić information content (AvgIpc) is 2.68. The maximum atomic E-state index is 12.2. The van der Waals surface area contributed by atoms with Crippen LogP contribution in [0.3, 0.4) is 0 Å². The topological polar surface area (TPSA) is 9.23 Å². The summed E-state index contributed by atoms with van der Waals surface area (Å²) in [7, 11) is 0. The molecule has 0 saturated heterocycles. The molecular formula is C24H25F3O. The highest BCUT2D eigenvalue weighted by Crippen LogP contribution is 2.37. The molecule has 1 fully saturated rings. The summed E-state index contributed by atoms with van der Waals surface area (Å²) in [6.45, 7) is 2.26. The van der Waals surface area contributed by atoms with Crippen molar-refractivity contribution in [3.63, 3.8) is 0 Å². The fraction of sp³-hybridized carbons (Fsp3) is 0.417. The Labute approximate surface area is 164 Å². The molecule has 1 nitrogen and oxygen atoms in total. The molecular weight excluding hydrogens is 361 g/mol. The van der Waals surface area contributed by atoms with E-state index in [4.69, 9.17) is 0 Å². The van der Waals surface area contributed by atoms with Crippen LogP contribution in [0.2, 0.25) is 0 Å². The van der Waals surface area contributed by atoms with Crippen molar-refractivity contribution < 1.29 is 17.9 Å². The third-order valence-electron chi connectivity index (χ3n) is 5.36. The summed E-state index contributed by atoms with van der Waals surface area (Å²) in [5, 5.41) is 0. The Morgan fingerprint density at radius 3 is 1.89 bits per heavy atom. The van der Waals surface area contributed by atoms with Gasteiger partial charge in [0.2, 0.25) is 0 Å². The largest absolute Gasteiger partial charge is 0.573 e. The zero-order valence-corrected chi connectivity index (χ0v) is 16.1. The van der Waals surface area contributed by atoms with Crippen LogP contribution in [0.5, 0.6) is 5.75 Å². The summed E-state index contributed by atoms with van der Waals surface area (Å²) >= 11 is 0. The second kappa shape index (κ2) is 9.19. The minimum Gasteiger partial charge on any atom is -0.406 e. The van der Waals surface area contributed by atoms with Gasteiger partial charge in [-0.05, 0) is 79.5 Å². The van der Waals surface area contributed by atoms with Crippen LogP contribution in [-0.2, 0) is 0 Å². The number of hydrogen-bond acceptors (Lipinski definition) is 1. The lowest BCUT2D eigenvalue weighted by atomic mass is 9.77. The lowest BCUT2D eigenvalue weighted by molar-refractivity contribution is -0.274. The predicted molar refractivity (Wildman–Crippen MR) is 105 cm³/mol. The van der Waals surface area contributed by atoms with Crippen LogP contribution >= 0.6 is 0 Å². The lowest BCUT2D eigenvalue weighted by Gasteiger charge is -2.28. The first-order valence-electron chi connectivity index (χ1n) is 9.90. The van der Waals surface area contributed by atoms with Crippen LogP contribution in [0.4, 0.5) is 13.2 Å². The maximum Gasteiger partial charge on any atom is 0.573 e. The zero-order chi connectivity index (χ0) is 20.0. The molecule has 0 bridgehead atoms. The number of benzene rings is 2. The summed E-state index contributed by atoms with van der Waals surface area (Å²) in [5.74, 6) is 7.36. The number of rotatable bonds is 4. The van der Waals surface area contributed by atoms with E-state index in [1.165, 1.54) is 68.4 Å². The second-order valence-corrected chi connectivity index (χ2v) is 7.45. The van der Waals surface area contributed by atoms with Gasteiger partial charge >= 0.3 is 6.36 Å². The molecule has 1 saturated carbocycles. The van der Waals surface area contributed by atoms with E-state index in [0.717, 1.165) is 11.5 Å². The maximum absolute atomic E-state index is 12.2. The summed E-state index contributed by atoms with van der Waals surface area (Å²) < 4.78 is 40.4. The van der Waals surface area contributed by atoms with E-state index < -0.39 is 6.36 Å². The molecule has 0 radical (unpaired) electrons. The van der Waals surface area contributed by atoms with Crippen LogP contribution in [0, 0.1) is 17.8 Å². The lowest BCUT2D eigenvalue weighted by Crippen LogP contribution is -2.16. The van der Waals surface area contributed by atoms with E-state index in [1.54, 1.807) is 0 Å². The van der Waals surface area contributed by atoms with Gasteiger partial charge in [-0.1, -0.05) is 43.7 Å². The van der Waals surface area contributed by atoms with Crippen LogP contribution in [0.1, 0.15) is 68.1 Å². The number of hydrogen-bond donors (Lipinski definition) is 0. The average molecular weight is 386 g/mol. The van der Waals surface area contributed by atoms with Gasteiger partial charge in [-0.15, -0.1) is 13.2 Å². The Kier molecular flexibility index (Phi) is 6.67. The van der Waals surface area contributed by atoms with E-state index in [9.17, 15) is 13.2 Å². The highest BCUT2D eigenvalue weighted by Gasteiger charge is 2.30. The van der Waals surface area contributed by atoms with Crippen molar-refractivity contribution in [3.05, 3.63) is 65.2 Å². The Morgan fingerprint density at radius 1 is 0.857 bits per heavy atom. The van der Waals surface area contributed by atoms with E-state index >= 15 is 0 Å². The third-order valence-corrected chi connectivity index (χ3v) is 5.36. The van der Waals surface area contributed by atoms with Gasteiger partial charge in [0.1, 0.15) is 5.75 Å². The molecule has 0 N–H and O–H groups in total. The quantitative estimate of drug-likeness (QED) is 0.511. The Morgan fingerprint density at radius 2 is 1.39 bits per heavy atom. The van der Waals surface area contributed by atoms with Crippen LogP contribution in [0.15, 0.2) is 48.5 Å². The molecule has 28 heavy (non-hydrogen) atoms. The van der Waals surface area contributed by atoms with Crippen LogP contribution in [-0.4, -0.2) is 6.36 Å². The molecule has 2 aromatic rings. The first-order valence-corrected chi connectivity index (χ1v) is 9.90. The van der Waals surface area contributed by atoms with Crippen molar-refractivity contribution in [3.8, 4) is 17.6 Å². The Hall–Kier alpha value is -2.41. The van der Waals surface area contributed by atoms with Gasteiger partial charge in [-0.25, -0.2) is 0 Å². The zero-order valence-electron chi connectivity index (χ0n) is 16.1. The number of halogens is 3. The predicted octanol–water partition coefficient (Wildman–Crippen LogP) is 7.06. The molecule has 0 unspecified atom stereocenters. The molecule has 3 rings (SSSR count). The molecule has 0 spiro atoms. The molecule has 1 aliphatic carbocycles. The first-order chi connectivity index (χ1) is 13.4. The van der Waals surface area contributed by atoms with Gasteiger partial charge in [0.05, 0.1) is 0 Å². The second-order valence-electron chi connectivity index (χ2n) is 7.45. The molecule has 0 aromatic heterocycles. The van der Waals surface area contributed by atoms with Crippen molar-refractivity contribution in [1.82, 2.24) is 0 Å². The van der Waals surface area contributed by atoms with E-state index in [1.807, 2.05) is 12.1 Å². The summed E-state index contributed by atoms with van der Waals surface area (Å²) in [5.41, 5.74) is 2.93.